The average Bonchev–Trinajstić information content (AvgIpc) is 2.35. The maximum atomic E-state index is 12.1. The predicted octanol–water partition coefficient (Wildman–Crippen LogP) is 3.16. The average molecular weight is 274 g/mol. The van der Waals surface area contributed by atoms with Gasteiger partial charge in [0.1, 0.15) is 12.1 Å². The van der Waals surface area contributed by atoms with Crippen LogP contribution in [0.1, 0.15) is 40.0 Å². The highest BCUT2D eigenvalue weighted by Gasteiger charge is 2.41. The fraction of sp³-hybridized carbons (Fsp3) is 0.818. The molecule has 0 heterocycles. The van der Waals surface area contributed by atoms with Crippen molar-refractivity contribution in [1.82, 2.24) is 0 Å². The third-order valence-electron chi connectivity index (χ3n) is 2.09. The zero-order chi connectivity index (χ0) is 14.1. The van der Waals surface area contributed by atoms with Gasteiger partial charge in [-0.1, -0.05) is 13.3 Å². The number of unbranched alkanes of at least 4 members (excludes halogenated alkanes) is 1. The van der Waals surface area contributed by atoms with Crippen molar-refractivity contribution in [2.24, 2.45) is 0 Å². The van der Waals surface area contributed by atoms with Crippen molar-refractivity contribution in [1.29, 1.82) is 10.5 Å². The third-order valence-corrected chi connectivity index (χ3v) is 3.77. The Kier molecular flexibility index (Phi) is 7.82. The molecule has 0 radical (unpaired) electrons. The van der Waals surface area contributed by atoms with Gasteiger partial charge in [-0.25, -0.2) is 4.57 Å². The van der Waals surface area contributed by atoms with Crippen LogP contribution in [0.4, 0.5) is 0 Å². The molecule has 0 atom stereocenters. The van der Waals surface area contributed by atoms with Gasteiger partial charge in [0.2, 0.25) is 0 Å². The first kappa shape index (κ1) is 17.1. The molecule has 6 nitrogen and oxygen atoms in total. The van der Waals surface area contributed by atoms with E-state index in [2.05, 4.69) is 0 Å². The highest BCUT2D eigenvalue weighted by Crippen LogP contribution is 2.53. The Balaban J connectivity index is 5.00. The molecule has 0 N–H and O–H groups in total. The molecule has 7 heteroatoms. The standard InChI is InChI=1S/C11H19N2O4P/c1-4-7-8-11(9-12,10-13)17-18(14,15-5-2)16-6-3/h4-8H2,1-3H3. The van der Waals surface area contributed by atoms with Crippen LogP contribution in [0.5, 0.6) is 0 Å². The number of rotatable bonds is 9. The molecular formula is C11H19N2O4P. The summed E-state index contributed by atoms with van der Waals surface area (Å²) in [6.45, 7) is 5.39. The lowest BCUT2D eigenvalue weighted by atomic mass is 10.0. The predicted molar refractivity (Wildman–Crippen MR) is 65.4 cm³/mol. The Labute approximate surface area is 108 Å². The third kappa shape index (κ3) is 5.16. The monoisotopic (exact) mass is 274 g/mol. The first-order valence-electron chi connectivity index (χ1n) is 5.93. The quantitative estimate of drug-likeness (QED) is 0.599. The molecular weight excluding hydrogens is 255 g/mol. The van der Waals surface area contributed by atoms with Crippen LogP contribution in [-0.2, 0) is 18.1 Å². The van der Waals surface area contributed by atoms with E-state index in [0.29, 0.717) is 6.42 Å². The summed E-state index contributed by atoms with van der Waals surface area (Å²) in [6.07, 6.45) is 1.57. The van der Waals surface area contributed by atoms with E-state index in [-0.39, 0.29) is 19.6 Å². The van der Waals surface area contributed by atoms with Gasteiger partial charge in [0.05, 0.1) is 13.2 Å². The molecule has 0 aromatic rings. The smallest absolute Gasteiger partial charge is 0.287 e. The van der Waals surface area contributed by atoms with Gasteiger partial charge >= 0.3 is 7.82 Å². The molecule has 102 valence electrons. The van der Waals surface area contributed by atoms with Crippen molar-refractivity contribution in [2.75, 3.05) is 13.2 Å². The summed E-state index contributed by atoms with van der Waals surface area (Å²) in [4.78, 5) is 0. The van der Waals surface area contributed by atoms with Crippen molar-refractivity contribution in [3.8, 4) is 12.1 Å². The second-order valence-corrected chi connectivity index (χ2v) is 5.12. The van der Waals surface area contributed by atoms with Gasteiger partial charge in [-0.3, -0.25) is 13.6 Å². The molecule has 0 aliphatic carbocycles. The second kappa shape index (κ2) is 8.24. The largest absolute Gasteiger partial charge is 0.477 e. The van der Waals surface area contributed by atoms with E-state index < -0.39 is 13.4 Å². The Bertz CT molecular complexity index is 348. The van der Waals surface area contributed by atoms with Crippen LogP contribution in [-0.4, -0.2) is 18.8 Å². The van der Waals surface area contributed by atoms with Crippen molar-refractivity contribution in [3.63, 3.8) is 0 Å². The van der Waals surface area contributed by atoms with Crippen molar-refractivity contribution in [3.05, 3.63) is 0 Å². The first-order chi connectivity index (χ1) is 8.51. The lowest BCUT2D eigenvalue weighted by molar-refractivity contribution is 0.0699. The minimum Gasteiger partial charge on any atom is -0.287 e. The highest BCUT2D eigenvalue weighted by atomic mass is 31.2. The molecule has 0 unspecified atom stereocenters. The Morgan fingerprint density at radius 1 is 1.11 bits per heavy atom. The fourth-order valence-corrected chi connectivity index (χ4v) is 2.61. The Morgan fingerprint density at radius 2 is 1.61 bits per heavy atom. The number of phosphoric ester groups is 1. The van der Waals surface area contributed by atoms with Crippen LogP contribution in [0.3, 0.4) is 0 Å². The van der Waals surface area contributed by atoms with Crippen LogP contribution in [0, 0.1) is 22.7 Å². The summed E-state index contributed by atoms with van der Waals surface area (Å²) >= 11 is 0. The number of hydrogen-bond donors (Lipinski definition) is 0. The summed E-state index contributed by atoms with van der Waals surface area (Å²) in [6, 6.07) is 3.51. The van der Waals surface area contributed by atoms with E-state index in [1.165, 1.54) is 0 Å². The van der Waals surface area contributed by atoms with Crippen LogP contribution in [0.2, 0.25) is 0 Å². The van der Waals surface area contributed by atoms with Crippen LogP contribution < -0.4 is 0 Å². The van der Waals surface area contributed by atoms with Gasteiger partial charge < -0.3 is 0 Å². The number of hydrogen-bond acceptors (Lipinski definition) is 6. The fourth-order valence-electron chi connectivity index (χ4n) is 1.25. The topological polar surface area (TPSA) is 92.3 Å². The van der Waals surface area contributed by atoms with Gasteiger partial charge in [-0.2, -0.15) is 10.5 Å². The summed E-state index contributed by atoms with van der Waals surface area (Å²) in [5.41, 5.74) is -1.78. The summed E-state index contributed by atoms with van der Waals surface area (Å²) in [5, 5.41) is 18.1. The normalized spacial score (nSPS) is 11.8. The molecule has 0 amide bonds. The number of nitriles is 2. The van der Waals surface area contributed by atoms with E-state index >= 15 is 0 Å². The molecule has 0 saturated carbocycles. The molecule has 18 heavy (non-hydrogen) atoms. The minimum atomic E-state index is -3.86. The maximum Gasteiger partial charge on any atom is 0.477 e. The lowest BCUT2D eigenvalue weighted by Gasteiger charge is -2.24. The molecule has 0 aliphatic heterocycles. The molecule has 0 bridgehead atoms. The molecule has 0 aromatic carbocycles. The van der Waals surface area contributed by atoms with E-state index in [0.717, 1.165) is 6.42 Å². The molecule has 0 aliphatic rings. The van der Waals surface area contributed by atoms with Crippen LogP contribution >= 0.6 is 7.82 Å². The van der Waals surface area contributed by atoms with E-state index in [9.17, 15) is 4.57 Å². The Hall–Kier alpha value is -0.910. The minimum absolute atomic E-state index is 0.109. The van der Waals surface area contributed by atoms with Crippen LogP contribution in [0.25, 0.3) is 0 Å². The van der Waals surface area contributed by atoms with Gasteiger partial charge in [-0.15, -0.1) is 0 Å². The molecule has 0 spiro atoms. The van der Waals surface area contributed by atoms with Gasteiger partial charge in [0.15, 0.2) is 0 Å². The summed E-state index contributed by atoms with van der Waals surface area (Å²) in [7, 11) is -3.86. The van der Waals surface area contributed by atoms with Crippen LogP contribution in [0.15, 0.2) is 0 Å². The van der Waals surface area contributed by atoms with E-state index in [4.69, 9.17) is 24.1 Å². The van der Waals surface area contributed by atoms with Crippen molar-refractivity contribution < 1.29 is 18.1 Å². The van der Waals surface area contributed by atoms with Crippen molar-refractivity contribution in [2.45, 2.75) is 45.6 Å². The first-order valence-corrected chi connectivity index (χ1v) is 7.39. The number of phosphoric acid groups is 1. The summed E-state index contributed by atoms with van der Waals surface area (Å²) in [5.74, 6) is 0. The van der Waals surface area contributed by atoms with Gasteiger partial charge in [0.25, 0.3) is 5.60 Å². The van der Waals surface area contributed by atoms with Crippen molar-refractivity contribution >= 4 is 7.82 Å². The van der Waals surface area contributed by atoms with E-state index in [1.54, 1.807) is 26.0 Å². The second-order valence-electron chi connectivity index (χ2n) is 3.53. The molecule has 0 rings (SSSR count). The molecule has 0 fully saturated rings. The van der Waals surface area contributed by atoms with Gasteiger partial charge in [-0.05, 0) is 20.3 Å². The summed E-state index contributed by atoms with van der Waals surface area (Å²) < 4.78 is 27.1. The highest BCUT2D eigenvalue weighted by molar-refractivity contribution is 7.48. The van der Waals surface area contributed by atoms with Gasteiger partial charge in [0, 0.05) is 6.42 Å². The zero-order valence-electron chi connectivity index (χ0n) is 11.0. The SMILES string of the molecule is CCCCC(C#N)(C#N)OP(=O)(OCC)OCC. The number of nitrogens with zero attached hydrogens (tertiary/aromatic N) is 2. The molecule has 0 saturated heterocycles. The van der Waals surface area contributed by atoms with E-state index in [1.807, 2.05) is 6.92 Å². The Morgan fingerprint density at radius 3 is 1.94 bits per heavy atom. The molecule has 0 aromatic heterocycles. The zero-order valence-corrected chi connectivity index (χ0v) is 11.9. The lowest BCUT2D eigenvalue weighted by Crippen LogP contribution is -2.28. The maximum absolute atomic E-state index is 12.1.